The highest BCUT2D eigenvalue weighted by molar-refractivity contribution is 6.34. The Morgan fingerprint density at radius 3 is 2.52 bits per heavy atom. The molecule has 9 heteroatoms. The molecule has 0 aromatic heterocycles. The first-order valence-electron chi connectivity index (χ1n) is 9.46. The van der Waals surface area contributed by atoms with E-state index in [9.17, 15) is 9.59 Å². The molecule has 0 aliphatic carbocycles. The average Bonchev–Trinajstić information content (AvgIpc) is 2.62. The Morgan fingerprint density at radius 2 is 1.90 bits per heavy atom. The van der Waals surface area contributed by atoms with E-state index in [-0.39, 0.29) is 18.8 Å². The molecule has 29 heavy (non-hydrogen) atoms. The van der Waals surface area contributed by atoms with Gasteiger partial charge < -0.3 is 24.0 Å². The zero-order valence-corrected chi connectivity index (χ0v) is 18.8. The van der Waals surface area contributed by atoms with Crippen LogP contribution in [0.15, 0.2) is 18.2 Å². The Bertz CT molecular complexity index is 703. The lowest BCUT2D eigenvalue weighted by Crippen LogP contribution is -2.47. The number of amides is 2. The molecule has 1 saturated heterocycles. The summed E-state index contributed by atoms with van der Waals surface area (Å²) in [6.45, 7) is 7.28. The SMILES string of the molecule is CN(CC[C@H]1CN(C(=O)OCc2cc(Cl)cc(Cl)c2)CCO1)C(=O)OC(C)(C)C. The lowest BCUT2D eigenvalue weighted by molar-refractivity contribution is -0.0351. The fraction of sp³-hybridized carbons (Fsp3) is 0.600. The molecule has 0 unspecified atom stereocenters. The number of carbonyl (C=O) groups is 2. The highest BCUT2D eigenvalue weighted by Crippen LogP contribution is 2.20. The number of hydrogen-bond donors (Lipinski definition) is 0. The van der Waals surface area contributed by atoms with Gasteiger partial charge in [-0.3, -0.25) is 0 Å². The van der Waals surface area contributed by atoms with Crippen molar-refractivity contribution in [2.24, 2.45) is 0 Å². The molecule has 0 N–H and O–H groups in total. The second kappa shape index (κ2) is 10.4. The van der Waals surface area contributed by atoms with Gasteiger partial charge in [-0.1, -0.05) is 23.2 Å². The van der Waals surface area contributed by atoms with E-state index in [1.54, 1.807) is 30.1 Å². The van der Waals surface area contributed by atoms with Crippen LogP contribution in [0.4, 0.5) is 9.59 Å². The zero-order valence-electron chi connectivity index (χ0n) is 17.2. The van der Waals surface area contributed by atoms with Gasteiger partial charge in [0.15, 0.2) is 0 Å². The van der Waals surface area contributed by atoms with Crippen LogP contribution in [-0.4, -0.2) is 67.0 Å². The molecule has 0 saturated carbocycles. The second-order valence-electron chi connectivity index (χ2n) is 7.96. The van der Waals surface area contributed by atoms with Crippen molar-refractivity contribution < 1.29 is 23.8 Å². The van der Waals surface area contributed by atoms with E-state index >= 15 is 0 Å². The van der Waals surface area contributed by atoms with Gasteiger partial charge in [0.1, 0.15) is 12.2 Å². The van der Waals surface area contributed by atoms with Crippen LogP contribution < -0.4 is 0 Å². The zero-order chi connectivity index (χ0) is 21.6. The summed E-state index contributed by atoms with van der Waals surface area (Å²) in [5.74, 6) is 0. The maximum atomic E-state index is 12.4. The molecule has 162 valence electrons. The molecule has 1 aromatic carbocycles. The van der Waals surface area contributed by atoms with Crippen LogP contribution in [0.25, 0.3) is 0 Å². The first-order valence-corrected chi connectivity index (χ1v) is 10.2. The summed E-state index contributed by atoms with van der Waals surface area (Å²) in [6, 6.07) is 5.03. The number of nitrogens with zero attached hydrogens (tertiary/aromatic N) is 2. The van der Waals surface area contributed by atoms with Crippen molar-refractivity contribution in [3.05, 3.63) is 33.8 Å². The van der Waals surface area contributed by atoms with Gasteiger partial charge in [-0.15, -0.1) is 0 Å². The van der Waals surface area contributed by atoms with Crippen LogP contribution in [0.1, 0.15) is 32.8 Å². The fourth-order valence-electron chi connectivity index (χ4n) is 2.76. The first kappa shape index (κ1) is 23.6. The third kappa shape index (κ3) is 8.28. The van der Waals surface area contributed by atoms with Gasteiger partial charge in [-0.2, -0.15) is 0 Å². The molecule has 7 nitrogen and oxygen atoms in total. The van der Waals surface area contributed by atoms with Crippen LogP contribution in [0.2, 0.25) is 10.0 Å². The van der Waals surface area contributed by atoms with Crippen molar-refractivity contribution in [3.8, 4) is 0 Å². The minimum Gasteiger partial charge on any atom is -0.445 e. The van der Waals surface area contributed by atoms with E-state index in [1.165, 1.54) is 4.90 Å². The number of carbonyl (C=O) groups excluding carboxylic acids is 2. The molecule has 0 radical (unpaired) electrons. The van der Waals surface area contributed by atoms with Crippen LogP contribution in [0, 0.1) is 0 Å². The van der Waals surface area contributed by atoms with E-state index in [0.29, 0.717) is 42.7 Å². The van der Waals surface area contributed by atoms with Crippen LogP contribution in [0.3, 0.4) is 0 Å². The predicted octanol–water partition coefficient (Wildman–Crippen LogP) is 4.59. The topological polar surface area (TPSA) is 68.3 Å². The molecule has 2 rings (SSSR count). The first-order chi connectivity index (χ1) is 13.5. The lowest BCUT2D eigenvalue weighted by atomic mass is 10.2. The largest absolute Gasteiger partial charge is 0.445 e. The molecule has 2 amide bonds. The summed E-state index contributed by atoms with van der Waals surface area (Å²) < 4.78 is 16.4. The van der Waals surface area contributed by atoms with Crippen LogP contribution in [0.5, 0.6) is 0 Å². The summed E-state index contributed by atoms with van der Waals surface area (Å²) >= 11 is 11.9. The Kier molecular flexibility index (Phi) is 8.43. The molecule has 1 aliphatic rings. The van der Waals surface area contributed by atoms with E-state index in [4.69, 9.17) is 37.4 Å². The molecule has 1 aromatic rings. The summed E-state index contributed by atoms with van der Waals surface area (Å²) in [7, 11) is 1.68. The Morgan fingerprint density at radius 1 is 1.24 bits per heavy atom. The number of halogens is 2. The van der Waals surface area contributed by atoms with Gasteiger partial charge in [0, 0.05) is 30.2 Å². The number of benzene rings is 1. The van der Waals surface area contributed by atoms with Crippen LogP contribution in [-0.2, 0) is 20.8 Å². The molecule has 0 spiro atoms. The summed E-state index contributed by atoms with van der Waals surface area (Å²) in [5, 5.41) is 0.980. The highest BCUT2D eigenvalue weighted by Gasteiger charge is 2.26. The molecule has 0 bridgehead atoms. The summed E-state index contributed by atoms with van der Waals surface area (Å²) in [5.41, 5.74) is 0.181. The van der Waals surface area contributed by atoms with E-state index < -0.39 is 11.7 Å². The summed E-state index contributed by atoms with van der Waals surface area (Å²) in [4.78, 5) is 27.5. The molecule has 1 atom stereocenters. The highest BCUT2D eigenvalue weighted by atomic mass is 35.5. The monoisotopic (exact) mass is 446 g/mol. The second-order valence-corrected chi connectivity index (χ2v) is 8.83. The summed E-state index contributed by atoms with van der Waals surface area (Å²) in [6.07, 6.45) is -0.398. The van der Waals surface area contributed by atoms with E-state index in [2.05, 4.69) is 0 Å². The van der Waals surface area contributed by atoms with E-state index in [0.717, 1.165) is 5.56 Å². The standard InChI is InChI=1S/C20H28Cl2N2O5/c1-20(2,3)29-18(25)23(4)6-5-17-12-24(7-8-27-17)19(26)28-13-14-9-15(21)11-16(22)10-14/h9-11,17H,5-8,12-13H2,1-4H3/t17-/m0/s1. The number of ether oxygens (including phenoxy) is 3. The fourth-order valence-corrected chi connectivity index (χ4v) is 3.33. The van der Waals surface area contributed by atoms with Gasteiger partial charge in [0.25, 0.3) is 0 Å². The number of rotatable bonds is 5. The van der Waals surface area contributed by atoms with Crippen molar-refractivity contribution in [1.29, 1.82) is 0 Å². The smallest absolute Gasteiger partial charge is 0.410 e. The van der Waals surface area contributed by atoms with Gasteiger partial charge in [-0.25, -0.2) is 9.59 Å². The Balaban J connectivity index is 1.79. The molecule has 1 fully saturated rings. The van der Waals surface area contributed by atoms with Gasteiger partial charge >= 0.3 is 12.2 Å². The Labute approximate surface area is 181 Å². The minimum absolute atomic E-state index is 0.0858. The number of hydrogen-bond acceptors (Lipinski definition) is 5. The predicted molar refractivity (Wildman–Crippen MR) is 111 cm³/mol. The van der Waals surface area contributed by atoms with Crippen molar-refractivity contribution in [2.75, 3.05) is 33.3 Å². The van der Waals surface area contributed by atoms with Gasteiger partial charge in [-0.05, 0) is 51.0 Å². The minimum atomic E-state index is -0.541. The average molecular weight is 447 g/mol. The molecule has 1 heterocycles. The Hall–Kier alpha value is -1.70. The lowest BCUT2D eigenvalue weighted by Gasteiger charge is -2.33. The van der Waals surface area contributed by atoms with Gasteiger partial charge in [0.2, 0.25) is 0 Å². The molecular weight excluding hydrogens is 419 g/mol. The maximum absolute atomic E-state index is 12.4. The van der Waals surface area contributed by atoms with Crippen molar-refractivity contribution in [2.45, 2.75) is 45.5 Å². The molecule has 1 aliphatic heterocycles. The molecular formula is C20H28Cl2N2O5. The normalized spacial score (nSPS) is 17.0. The van der Waals surface area contributed by atoms with Crippen molar-refractivity contribution >= 4 is 35.4 Å². The van der Waals surface area contributed by atoms with E-state index in [1.807, 2.05) is 20.8 Å². The van der Waals surface area contributed by atoms with Crippen LogP contribution >= 0.6 is 23.2 Å². The third-order valence-corrected chi connectivity index (χ3v) is 4.61. The van der Waals surface area contributed by atoms with Crippen molar-refractivity contribution in [1.82, 2.24) is 9.80 Å². The van der Waals surface area contributed by atoms with Gasteiger partial charge in [0.05, 0.1) is 19.3 Å². The quantitative estimate of drug-likeness (QED) is 0.661. The maximum Gasteiger partial charge on any atom is 0.410 e. The van der Waals surface area contributed by atoms with Crippen molar-refractivity contribution in [3.63, 3.8) is 0 Å². The third-order valence-electron chi connectivity index (χ3n) is 4.17. The number of morpholine rings is 1.